The number of nitrogens with zero attached hydrogens (tertiary/aromatic N) is 3. The molecule has 3 rings (SSSR count). The summed E-state index contributed by atoms with van der Waals surface area (Å²) in [4.78, 5) is 31.9. The standard InChI is InChI=1S/C23H35N3O3/c1-18-16-21(29-3)9-10-22(18)23(28)25-13-7-8-20(17-25)26(19(2)27)15-14-24-11-5-4-6-12-24/h9-10,16,20H,4-8,11-15,17H2,1-3H3. The van der Waals surface area contributed by atoms with E-state index in [-0.39, 0.29) is 17.9 Å². The summed E-state index contributed by atoms with van der Waals surface area (Å²) in [6, 6.07) is 5.69. The lowest BCUT2D eigenvalue weighted by Crippen LogP contribution is -2.53. The SMILES string of the molecule is COc1ccc(C(=O)N2CCCC(N(CCN3CCCCC3)C(C)=O)C2)c(C)c1. The Morgan fingerprint density at radius 2 is 1.90 bits per heavy atom. The maximum absolute atomic E-state index is 13.1. The zero-order valence-corrected chi connectivity index (χ0v) is 18.2. The average molecular weight is 402 g/mol. The zero-order valence-electron chi connectivity index (χ0n) is 18.2. The molecule has 0 bridgehead atoms. The first-order chi connectivity index (χ1) is 14.0. The van der Waals surface area contributed by atoms with Gasteiger partial charge in [-0.3, -0.25) is 9.59 Å². The van der Waals surface area contributed by atoms with Gasteiger partial charge < -0.3 is 19.4 Å². The van der Waals surface area contributed by atoms with Crippen LogP contribution >= 0.6 is 0 Å². The molecule has 2 heterocycles. The second-order valence-corrected chi connectivity index (χ2v) is 8.34. The third kappa shape index (κ3) is 5.50. The molecule has 2 aliphatic rings. The van der Waals surface area contributed by atoms with Gasteiger partial charge in [0, 0.05) is 44.7 Å². The molecule has 29 heavy (non-hydrogen) atoms. The largest absolute Gasteiger partial charge is 0.497 e. The average Bonchev–Trinajstić information content (AvgIpc) is 2.74. The molecule has 1 unspecified atom stereocenters. The van der Waals surface area contributed by atoms with Crippen molar-refractivity contribution in [2.75, 3.05) is 46.4 Å². The number of methoxy groups -OCH3 is 1. The quantitative estimate of drug-likeness (QED) is 0.735. The van der Waals surface area contributed by atoms with Crippen LogP contribution in [0.2, 0.25) is 0 Å². The molecular formula is C23H35N3O3. The molecule has 2 saturated heterocycles. The third-order valence-electron chi connectivity index (χ3n) is 6.30. The van der Waals surface area contributed by atoms with Gasteiger partial charge >= 0.3 is 0 Å². The molecule has 0 radical (unpaired) electrons. The van der Waals surface area contributed by atoms with E-state index >= 15 is 0 Å². The van der Waals surface area contributed by atoms with Crippen LogP contribution in [0.5, 0.6) is 5.75 Å². The Morgan fingerprint density at radius 1 is 1.14 bits per heavy atom. The summed E-state index contributed by atoms with van der Waals surface area (Å²) in [5.74, 6) is 0.923. The summed E-state index contributed by atoms with van der Waals surface area (Å²) in [7, 11) is 1.63. The highest BCUT2D eigenvalue weighted by molar-refractivity contribution is 5.96. The van der Waals surface area contributed by atoms with Crippen LogP contribution in [0.4, 0.5) is 0 Å². The molecule has 1 aromatic carbocycles. The van der Waals surface area contributed by atoms with Crippen LogP contribution in [0, 0.1) is 6.92 Å². The fourth-order valence-electron chi connectivity index (χ4n) is 4.60. The minimum atomic E-state index is 0.0504. The lowest BCUT2D eigenvalue weighted by molar-refractivity contribution is -0.132. The first-order valence-corrected chi connectivity index (χ1v) is 10.9. The van der Waals surface area contributed by atoms with Crippen molar-refractivity contribution in [3.8, 4) is 5.75 Å². The van der Waals surface area contributed by atoms with Gasteiger partial charge in [-0.1, -0.05) is 6.42 Å². The number of carbonyl (C=O) groups excluding carboxylic acids is 2. The first kappa shape index (κ1) is 21.6. The highest BCUT2D eigenvalue weighted by atomic mass is 16.5. The van der Waals surface area contributed by atoms with E-state index in [1.54, 1.807) is 14.0 Å². The van der Waals surface area contributed by atoms with Crippen LogP contribution < -0.4 is 4.74 Å². The van der Waals surface area contributed by atoms with Gasteiger partial charge in [-0.25, -0.2) is 0 Å². The summed E-state index contributed by atoms with van der Waals surface area (Å²) in [6.45, 7) is 8.92. The van der Waals surface area contributed by atoms with Gasteiger partial charge in [0.15, 0.2) is 0 Å². The maximum Gasteiger partial charge on any atom is 0.254 e. The Balaban J connectivity index is 1.64. The fraction of sp³-hybridized carbons (Fsp3) is 0.652. The van der Waals surface area contributed by atoms with Gasteiger partial charge in [0.1, 0.15) is 5.75 Å². The molecular weight excluding hydrogens is 366 g/mol. The summed E-state index contributed by atoms with van der Waals surface area (Å²) in [5.41, 5.74) is 1.64. The Labute approximate surface area is 174 Å². The molecule has 0 spiro atoms. The second kappa shape index (κ2) is 10.1. The third-order valence-corrected chi connectivity index (χ3v) is 6.30. The molecule has 1 atom stereocenters. The number of benzene rings is 1. The first-order valence-electron chi connectivity index (χ1n) is 10.9. The normalized spacial score (nSPS) is 20.4. The van der Waals surface area contributed by atoms with Crippen molar-refractivity contribution in [2.24, 2.45) is 0 Å². The monoisotopic (exact) mass is 401 g/mol. The Kier molecular flexibility index (Phi) is 7.53. The van der Waals surface area contributed by atoms with Crippen molar-refractivity contribution in [2.45, 2.75) is 52.0 Å². The van der Waals surface area contributed by atoms with E-state index in [0.717, 1.165) is 56.9 Å². The minimum Gasteiger partial charge on any atom is -0.497 e. The highest BCUT2D eigenvalue weighted by Crippen LogP contribution is 2.22. The van der Waals surface area contributed by atoms with Crippen molar-refractivity contribution < 1.29 is 14.3 Å². The van der Waals surface area contributed by atoms with E-state index in [4.69, 9.17) is 4.74 Å². The van der Waals surface area contributed by atoms with E-state index in [9.17, 15) is 9.59 Å². The summed E-state index contributed by atoms with van der Waals surface area (Å²) >= 11 is 0. The molecule has 160 valence electrons. The highest BCUT2D eigenvalue weighted by Gasteiger charge is 2.30. The van der Waals surface area contributed by atoms with Gasteiger partial charge in [-0.15, -0.1) is 0 Å². The number of hydrogen-bond acceptors (Lipinski definition) is 4. The van der Waals surface area contributed by atoms with Crippen molar-refractivity contribution in [3.05, 3.63) is 29.3 Å². The van der Waals surface area contributed by atoms with Crippen LogP contribution in [-0.2, 0) is 4.79 Å². The summed E-state index contributed by atoms with van der Waals surface area (Å²) < 4.78 is 5.25. The van der Waals surface area contributed by atoms with Crippen LogP contribution in [-0.4, -0.2) is 78.9 Å². The molecule has 6 nitrogen and oxygen atoms in total. The Hall–Kier alpha value is -2.08. The molecule has 0 aromatic heterocycles. The Bertz CT molecular complexity index is 715. The van der Waals surface area contributed by atoms with Crippen LogP contribution in [0.3, 0.4) is 0 Å². The van der Waals surface area contributed by atoms with Crippen LogP contribution in [0.25, 0.3) is 0 Å². The van der Waals surface area contributed by atoms with Crippen molar-refractivity contribution >= 4 is 11.8 Å². The van der Waals surface area contributed by atoms with Crippen LogP contribution in [0.1, 0.15) is 54.9 Å². The van der Waals surface area contributed by atoms with Crippen LogP contribution in [0.15, 0.2) is 18.2 Å². The lowest BCUT2D eigenvalue weighted by atomic mass is 10.0. The minimum absolute atomic E-state index is 0.0504. The van der Waals surface area contributed by atoms with E-state index in [0.29, 0.717) is 12.1 Å². The number of ether oxygens (including phenoxy) is 1. The van der Waals surface area contributed by atoms with E-state index in [1.807, 2.05) is 34.9 Å². The van der Waals surface area contributed by atoms with Gasteiger partial charge in [0.25, 0.3) is 5.91 Å². The molecule has 2 aliphatic heterocycles. The van der Waals surface area contributed by atoms with E-state index in [1.165, 1.54) is 19.3 Å². The predicted molar refractivity (Wildman–Crippen MR) is 114 cm³/mol. The van der Waals surface area contributed by atoms with E-state index < -0.39 is 0 Å². The number of carbonyl (C=O) groups is 2. The molecule has 0 N–H and O–H groups in total. The predicted octanol–water partition coefficient (Wildman–Crippen LogP) is 2.94. The fourth-order valence-corrected chi connectivity index (χ4v) is 4.60. The van der Waals surface area contributed by atoms with Gasteiger partial charge in [0.2, 0.25) is 5.91 Å². The van der Waals surface area contributed by atoms with Gasteiger partial charge in [0.05, 0.1) is 7.11 Å². The molecule has 0 aliphatic carbocycles. The lowest BCUT2D eigenvalue weighted by Gasteiger charge is -2.40. The number of rotatable bonds is 6. The molecule has 1 aromatic rings. The smallest absolute Gasteiger partial charge is 0.254 e. The van der Waals surface area contributed by atoms with Gasteiger partial charge in [-0.2, -0.15) is 0 Å². The molecule has 6 heteroatoms. The molecule has 2 amide bonds. The number of aryl methyl sites for hydroxylation is 1. The number of hydrogen-bond donors (Lipinski definition) is 0. The number of likely N-dealkylation sites (tertiary alicyclic amines) is 2. The summed E-state index contributed by atoms with van der Waals surface area (Å²) in [5, 5.41) is 0. The van der Waals surface area contributed by atoms with E-state index in [2.05, 4.69) is 4.90 Å². The van der Waals surface area contributed by atoms with Gasteiger partial charge in [-0.05, 0) is 69.5 Å². The number of amides is 2. The van der Waals surface area contributed by atoms with Crippen molar-refractivity contribution in [1.29, 1.82) is 0 Å². The molecule has 0 saturated carbocycles. The second-order valence-electron chi connectivity index (χ2n) is 8.34. The van der Waals surface area contributed by atoms with Crippen molar-refractivity contribution in [1.82, 2.24) is 14.7 Å². The molecule has 2 fully saturated rings. The number of piperidine rings is 2. The Morgan fingerprint density at radius 3 is 2.55 bits per heavy atom. The maximum atomic E-state index is 13.1. The zero-order chi connectivity index (χ0) is 20.8. The summed E-state index contributed by atoms with van der Waals surface area (Å²) in [6.07, 6.45) is 5.72. The van der Waals surface area contributed by atoms with Crippen molar-refractivity contribution in [3.63, 3.8) is 0 Å². The topological polar surface area (TPSA) is 53.1 Å².